The van der Waals surface area contributed by atoms with Crippen molar-refractivity contribution in [2.45, 2.75) is 58.5 Å². The van der Waals surface area contributed by atoms with E-state index in [1.54, 1.807) is 0 Å². The second-order valence-electron chi connectivity index (χ2n) is 4.96. The minimum absolute atomic E-state index is 1.10. The predicted octanol–water partition coefficient (Wildman–Crippen LogP) is 4.40. The van der Waals surface area contributed by atoms with Gasteiger partial charge in [0.25, 0.3) is 0 Å². The summed E-state index contributed by atoms with van der Waals surface area (Å²) in [5, 5.41) is 0. The van der Waals surface area contributed by atoms with Gasteiger partial charge in [-0.05, 0) is 19.6 Å². The quantitative estimate of drug-likeness (QED) is 0.485. The van der Waals surface area contributed by atoms with Gasteiger partial charge in [0.15, 0.2) is 0 Å². The van der Waals surface area contributed by atoms with Gasteiger partial charge in [-0.3, -0.25) is 0 Å². The van der Waals surface area contributed by atoms with Crippen LogP contribution in [-0.4, -0.2) is 16.4 Å². The van der Waals surface area contributed by atoms with Gasteiger partial charge in [0.2, 0.25) is 8.32 Å². The first-order valence-electron chi connectivity index (χ1n) is 5.74. The molecule has 0 rings (SSSR count). The molecule has 0 heterocycles. The Bertz CT molecular complexity index is 170. The Morgan fingerprint density at radius 3 is 1.64 bits per heavy atom. The molecule has 0 bridgehead atoms. The van der Waals surface area contributed by atoms with Crippen molar-refractivity contribution < 1.29 is 4.43 Å². The van der Waals surface area contributed by atoms with E-state index >= 15 is 0 Å². The molecule has 0 aromatic rings. The summed E-state index contributed by atoms with van der Waals surface area (Å²) in [5.41, 5.74) is 2.41. The van der Waals surface area contributed by atoms with Crippen molar-refractivity contribution in [1.82, 2.24) is 0 Å². The van der Waals surface area contributed by atoms with Crippen molar-refractivity contribution in [2.24, 2.45) is 0 Å². The fourth-order valence-electron chi connectivity index (χ4n) is 1.49. The molecule has 0 aromatic carbocycles. The van der Waals surface area contributed by atoms with E-state index in [4.69, 9.17) is 4.43 Å². The molecule has 0 atom stereocenters. The molecular weight excluding hydrogens is 204 g/mol. The molecule has 0 saturated carbocycles. The van der Waals surface area contributed by atoms with Crippen molar-refractivity contribution in [1.29, 1.82) is 0 Å². The van der Waals surface area contributed by atoms with Gasteiger partial charge in [-0.2, -0.15) is 0 Å². The van der Waals surface area contributed by atoms with Gasteiger partial charge in [0, 0.05) is 0 Å². The van der Waals surface area contributed by atoms with Gasteiger partial charge in [-0.25, -0.2) is 0 Å². The molecule has 0 unspecified atom stereocenters. The van der Waals surface area contributed by atoms with Crippen molar-refractivity contribution >= 4 is 16.4 Å². The molecule has 0 amide bonds. The van der Waals surface area contributed by atoms with Crippen LogP contribution < -0.4 is 0 Å². The van der Waals surface area contributed by atoms with Crippen LogP contribution in [0.5, 0.6) is 0 Å². The lowest BCUT2D eigenvalue weighted by molar-refractivity contribution is 0.480. The molecular formula is C11H26OSi2. The second-order valence-corrected chi connectivity index (χ2v) is 14.6. The van der Waals surface area contributed by atoms with Gasteiger partial charge >= 0.3 is 0 Å². The van der Waals surface area contributed by atoms with Crippen LogP contribution in [0.15, 0.2) is 12.0 Å². The molecule has 0 radical (unpaired) electrons. The molecule has 0 N–H and O–H groups in total. The van der Waals surface area contributed by atoms with Gasteiger partial charge in [-0.15, -0.1) is 0 Å². The SMILES string of the molecule is CC[Si](/C=C/O[Si](C)(C)C)(CC)CC. The van der Waals surface area contributed by atoms with Crippen LogP contribution in [0.1, 0.15) is 20.8 Å². The molecule has 3 heteroatoms. The van der Waals surface area contributed by atoms with Gasteiger partial charge in [0.05, 0.1) is 14.3 Å². The highest BCUT2D eigenvalue weighted by molar-refractivity contribution is 6.84. The lowest BCUT2D eigenvalue weighted by Gasteiger charge is -2.24. The summed E-state index contributed by atoms with van der Waals surface area (Å²) in [4.78, 5) is 0. The zero-order valence-electron chi connectivity index (χ0n) is 10.7. The highest BCUT2D eigenvalue weighted by Gasteiger charge is 2.23. The van der Waals surface area contributed by atoms with Gasteiger partial charge < -0.3 is 4.43 Å². The van der Waals surface area contributed by atoms with Crippen molar-refractivity contribution in [3.8, 4) is 0 Å². The Balaban J connectivity index is 4.30. The summed E-state index contributed by atoms with van der Waals surface area (Å²) in [6.07, 6.45) is 2.01. The average Bonchev–Trinajstić information content (AvgIpc) is 2.11. The summed E-state index contributed by atoms with van der Waals surface area (Å²) in [5.74, 6) is 0. The van der Waals surface area contributed by atoms with Gasteiger partial charge in [0.1, 0.15) is 0 Å². The monoisotopic (exact) mass is 230 g/mol. The molecule has 0 aromatic heterocycles. The summed E-state index contributed by atoms with van der Waals surface area (Å²) in [6.45, 7) is 13.6. The summed E-state index contributed by atoms with van der Waals surface area (Å²) in [7, 11) is -2.46. The zero-order chi connectivity index (χ0) is 11.2. The van der Waals surface area contributed by atoms with E-state index in [0.717, 1.165) is 0 Å². The van der Waals surface area contributed by atoms with E-state index in [1.807, 2.05) is 6.26 Å². The van der Waals surface area contributed by atoms with Crippen molar-refractivity contribution in [2.75, 3.05) is 0 Å². The highest BCUT2D eigenvalue weighted by Crippen LogP contribution is 2.21. The Morgan fingerprint density at radius 1 is 0.929 bits per heavy atom. The first kappa shape index (κ1) is 14.0. The lowest BCUT2D eigenvalue weighted by Crippen LogP contribution is -2.29. The molecule has 0 aliphatic rings. The van der Waals surface area contributed by atoms with Crippen LogP contribution in [0.25, 0.3) is 0 Å². The number of hydrogen-bond donors (Lipinski definition) is 0. The van der Waals surface area contributed by atoms with E-state index < -0.39 is 16.4 Å². The number of rotatable bonds is 6. The molecule has 0 spiro atoms. The Kier molecular flexibility index (Phi) is 5.75. The van der Waals surface area contributed by atoms with E-state index in [0.29, 0.717) is 0 Å². The van der Waals surface area contributed by atoms with Crippen LogP contribution in [0, 0.1) is 0 Å². The van der Waals surface area contributed by atoms with E-state index in [2.05, 4.69) is 46.1 Å². The second kappa shape index (κ2) is 5.76. The summed E-state index contributed by atoms with van der Waals surface area (Å²) in [6, 6.07) is 4.02. The predicted molar refractivity (Wildman–Crippen MR) is 70.8 cm³/mol. The Hall–Kier alpha value is -0.0262. The molecule has 14 heavy (non-hydrogen) atoms. The topological polar surface area (TPSA) is 9.23 Å². The maximum Gasteiger partial charge on any atom is 0.241 e. The lowest BCUT2D eigenvalue weighted by atomic mass is 10.9. The molecule has 0 saturated heterocycles. The standard InChI is InChI=1S/C11H26OSi2/c1-7-14(8-2,9-3)11-10-12-13(4,5)6/h10-11H,7-9H2,1-6H3/b11-10+. The molecule has 0 aliphatic heterocycles. The minimum atomic E-state index is -1.36. The fraction of sp³-hybridized carbons (Fsp3) is 0.818. The van der Waals surface area contributed by atoms with Crippen molar-refractivity contribution in [3.05, 3.63) is 12.0 Å². The molecule has 0 fully saturated rings. The van der Waals surface area contributed by atoms with Crippen molar-refractivity contribution in [3.63, 3.8) is 0 Å². The molecule has 1 nitrogen and oxygen atoms in total. The largest absolute Gasteiger partial charge is 0.550 e. The third-order valence-electron chi connectivity index (χ3n) is 2.96. The third-order valence-corrected chi connectivity index (χ3v) is 8.87. The summed E-state index contributed by atoms with van der Waals surface area (Å²) < 4.78 is 5.78. The zero-order valence-corrected chi connectivity index (χ0v) is 12.7. The van der Waals surface area contributed by atoms with Crippen LogP contribution in [0.2, 0.25) is 37.8 Å². The average molecular weight is 230 g/mol. The minimum Gasteiger partial charge on any atom is -0.550 e. The third kappa shape index (κ3) is 5.00. The molecule has 0 aliphatic carbocycles. The Labute approximate surface area is 91.7 Å². The fourth-order valence-corrected chi connectivity index (χ4v) is 4.66. The maximum atomic E-state index is 5.78. The van der Waals surface area contributed by atoms with Crippen LogP contribution in [-0.2, 0) is 4.43 Å². The van der Waals surface area contributed by atoms with Crippen LogP contribution >= 0.6 is 0 Å². The normalized spacial score (nSPS) is 13.6. The van der Waals surface area contributed by atoms with Crippen LogP contribution in [0.3, 0.4) is 0 Å². The first-order valence-corrected chi connectivity index (χ1v) is 11.9. The van der Waals surface area contributed by atoms with E-state index in [-0.39, 0.29) is 0 Å². The van der Waals surface area contributed by atoms with Crippen LogP contribution in [0.4, 0.5) is 0 Å². The molecule has 84 valence electrons. The summed E-state index contributed by atoms with van der Waals surface area (Å²) >= 11 is 0. The number of hydrogen-bond acceptors (Lipinski definition) is 1. The van der Waals surface area contributed by atoms with E-state index in [1.165, 1.54) is 18.1 Å². The van der Waals surface area contributed by atoms with Gasteiger partial charge in [-0.1, -0.05) is 44.6 Å². The first-order chi connectivity index (χ1) is 6.39. The highest BCUT2D eigenvalue weighted by atomic mass is 28.4. The maximum absolute atomic E-state index is 5.78. The smallest absolute Gasteiger partial charge is 0.241 e. The van der Waals surface area contributed by atoms with E-state index in [9.17, 15) is 0 Å². The Morgan fingerprint density at radius 2 is 1.36 bits per heavy atom.